The normalized spacial score (nSPS) is 21.0. The second kappa shape index (κ2) is 6.37. The third kappa shape index (κ3) is 2.83. The van der Waals surface area contributed by atoms with E-state index in [0.717, 1.165) is 35.8 Å². The van der Waals surface area contributed by atoms with Crippen LogP contribution in [0.25, 0.3) is 21.3 Å². The van der Waals surface area contributed by atoms with Gasteiger partial charge in [-0.3, -0.25) is 0 Å². The highest BCUT2D eigenvalue weighted by Gasteiger charge is 2.23. The lowest BCUT2D eigenvalue weighted by atomic mass is 9.92. The quantitative estimate of drug-likeness (QED) is 0.676. The Labute approximate surface area is 144 Å². The molecular formula is C18H19N3O2S. The van der Waals surface area contributed by atoms with Crippen LogP contribution in [0.15, 0.2) is 35.7 Å². The lowest BCUT2D eigenvalue weighted by Gasteiger charge is -2.28. The molecule has 1 aliphatic carbocycles. The molecule has 2 heterocycles. The van der Waals surface area contributed by atoms with E-state index in [1.807, 2.05) is 35.7 Å². The number of aromatic hydroxyl groups is 1. The van der Waals surface area contributed by atoms with Crippen molar-refractivity contribution in [2.45, 2.75) is 37.8 Å². The molecule has 24 heavy (non-hydrogen) atoms. The first-order chi connectivity index (χ1) is 11.7. The van der Waals surface area contributed by atoms with Crippen molar-refractivity contribution < 1.29 is 10.2 Å². The van der Waals surface area contributed by atoms with Gasteiger partial charge >= 0.3 is 0 Å². The second-order valence-corrected chi connectivity index (χ2v) is 7.15. The summed E-state index contributed by atoms with van der Waals surface area (Å²) in [6, 6.07) is 9.50. The van der Waals surface area contributed by atoms with Gasteiger partial charge in [0.2, 0.25) is 0 Å². The largest absolute Gasteiger partial charge is 0.507 e. The van der Waals surface area contributed by atoms with Crippen LogP contribution in [-0.2, 0) is 0 Å². The smallest absolute Gasteiger partial charge is 0.148 e. The fourth-order valence-corrected chi connectivity index (χ4v) is 4.05. The molecule has 1 saturated carbocycles. The van der Waals surface area contributed by atoms with Crippen LogP contribution in [-0.4, -0.2) is 32.6 Å². The summed E-state index contributed by atoms with van der Waals surface area (Å²) in [5, 5.41) is 35.0. The van der Waals surface area contributed by atoms with E-state index in [4.69, 9.17) is 0 Å². The van der Waals surface area contributed by atoms with Crippen LogP contribution in [0.1, 0.15) is 25.7 Å². The molecule has 6 heteroatoms. The van der Waals surface area contributed by atoms with Crippen molar-refractivity contribution in [3.8, 4) is 17.0 Å². The molecule has 3 aromatic rings. The first kappa shape index (κ1) is 15.4. The van der Waals surface area contributed by atoms with Crippen LogP contribution < -0.4 is 5.32 Å². The second-order valence-electron chi connectivity index (χ2n) is 6.20. The highest BCUT2D eigenvalue weighted by Crippen LogP contribution is 2.37. The first-order valence-electron chi connectivity index (χ1n) is 8.20. The van der Waals surface area contributed by atoms with Crippen molar-refractivity contribution in [3.05, 3.63) is 35.7 Å². The number of hydrogen-bond donors (Lipinski definition) is 3. The SMILES string of the molecule is Oc1c(-c2ccc(N[C@@H]3CCCC[C@@H]3O)nn2)ccc2sccc12. The molecule has 0 spiro atoms. The molecule has 0 bridgehead atoms. The van der Waals surface area contributed by atoms with Crippen molar-refractivity contribution >= 4 is 27.2 Å². The molecule has 0 unspecified atom stereocenters. The molecule has 3 N–H and O–H groups in total. The molecule has 1 aliphatic rings. The Hall–Kier alpha value is -2.18. The molecule has 0 amide bonds. The summed E-state index contributed by atoms with van der Waals surface area (Å²) in [6.45, 7) is 0. The maximum atomic E-state index is 10.4. The van der Waals surface area contributed by atoms with Gasteiger partial charge in [-0.2, -0.15) is 0 Å². The van der Waals surface area contributed by atoms with E-state index in [1.165, 1.54) is 0 Å². The third-order valence-electron chi connectivity index (χ3n) is 4.61. The highest BCUT2D eigenvalue weighted by molar-refractivity contribution is 7.17. The highest BCUT2D eigenvalue weighted by atomic mass is 32.1. The predicted molar refractivity (Wildman–Crippen MR) is 96.4 cm³/mol. The zero-order valence-electron chi connectivity index (χ0n) is 13.1. The monoisotopic (exact) mass is 341 g/mol. The van der Waals surface area contributed by atoms with Crippen molar-refractivity contribution in [1.82, 2.24) is 10.2 Å². The number of nitrogens with zero attached hydrogens (tertiary/aromatic N) is 2. The molecule has 1 aromatic carbocycles. The van der Waals surface area contributed by atoms with Crippen LogP contribution >= 0.6 is 11.3 Å². The Bertz CT molecular complexity index is 847. The minimum atomic E-state index is -0.328. The van der Waals surface area contributed by atoms with Gasteiger partial charge in [0, 0.05) is 15.6 Å². The number of phenolic OH excluding ortho intramolecular Hbond substituents is 1. The molecule has 0 radical (unpaired) electrons. The number of nitrogens with one attached hydrogen (secondary N) is 1. The fraction of sp³-hybridized carbons (Fsp3) is 0.333. The lowest BCUT2D eigenvalue weighted by Crippen LogP contribution is -2.36. The fourth-order valence-electron chi connectivity index (χ4n) is 3.26. The van der Waals surface area contributed by atoms with Gasteiger partial charge in [0.25, 0.3) is 0 Å². The molecule has 5 nitrogen and oxygen atoms in total. The number of anilines is 1. The van der Waals surface area contributed by atoms with Crippen molar-refractivity contribution in [2.75, 3.05) is 5.32 Å². The number of aromatic nitrogens is 2. The van der Waals surface area contributed by atoms with E-state index in [0.29, 0.717) is 17.1 Å². The zero-order chi connectivity index (χ0) is 16.5. The summed E-state index contributed by atoms with van der Waals surface area (Å²) < 4.78 is 1.05. The summed E-state index contributed by atoms with van der Waals surface area (Å²) in [7, 11) is 0. The Morgan fingerprint density at radius 2 is 1.92 bits per heavy atom. The minimum absolute atomic E-state index is 0.0365. The van der Waals surface area contributed by atoms with Gasteiger partial charge in [0.15, 0.2) is 0 Å². The lowest BCUT2D eigenvalue weighted by molar-refractivity contribution is 0.116. The number of thiophene rings is 1. The topological polar surface area (TPSA) is 78.3 Å². The summed E-state index contributed by atoms with van der Waals surface area (Å²) in [5.74, 6) is 0.896. The number of aliphatic hydroxyl groups is 1. The van der Waals surface area contributed by atoms with E-state index in [1.54, 1.807) is 11.3 Å². The summed E-state index contributed by atoms with van der Waals surface area (Å²) in [4.78, 5) is 0. The number of aliphatic hydroxyl groups excluding tert-OH is 1. The summed E-state index contributed by atoms with van der Waals surface area (Å²) in [5.41, 5.74) is 1.31. The summed E-state index contributed by atoms with van der Waals surface area (Å²) >= 11 is 1.60. The van der Waals surface area contributed by atoms with Crippen LogP contribution in [0.2, 0.25) is 0 Å². The van der Waals surface area contributed by atoms with Crippen molar-refractivity contribution in [1.29, 1.82) is 0 Å². The predicted octanol–water partition coefficient (Wildman–Crippen LogP) is 3.78. The van der Waals surface area contributed by atoms with Crippen molar-refractivity contribution in [3.63, 3.8) is 0 Å². The third-order valence-corrected chi connectivity index (χ3v) is 5.49. The van der Waals surface area contributed by atoms with Crippen molar-refractivity contribution in [2.24, 2.45) is 0 Å². The summed E-state index contributed by atoms with van der Waals surface area (Å²) in [6.07, 6.45) is 3.64. The Morgan fingerprint density at radius 1 is 1.04 bits per heavy atom. The standard InChI is InChI=1S/C18H19N3O2S/c22-15-4-2-1-3-14(15)19-17-8-6-13(20-21-17)11-5-7-16-12(18(11)23)9-10-24-16/h5-10,14-15,22-23H,1-4H2,(H,19,21)/t14-,15+/m1/s1. The van der Waals surface area contributed by atoms with Gasteiger partial charge in [-0.05, 0) is 48.6 Å². The van der Waals surface area contributed by atoms with E-state index in [9.17, 15) is 10.2 Å². The van der Waals surface area contributed by atoms with E-state index < -0.39 is 0 Å². The molecule has 0 aliphatic heterocycles. The minimum Gasteiger partial charge on any atom is -0.507 e. The van der Waals surface area contributed by atoms with Gasteiger partial charge in [0.1, 0.15) is 11.6 Å². The van der Waals surface area contributed by atoms with E-state index in [-0.39, 0.29) is 17.9 Å². The Morgan fingerprint density at radius 3 is 2.71 bits per heavy atom. The maximum absolute atomic E-state index is 10.4. The van der Waals surface area contributed by atoms with E-state index >= 15 is 0 Å². The number of rotatable bonds is 3. The van der Waals surface area contributed by atoms with Crippen LogP contribution in [0, 0.1) is 0 Å². The van der Waals surface area contributed by atoms with Gasteiger partial charge < -0.3 is 15.5 Å². The molecule has 1 fully saturated rings. The van der Waals surface area contributed by atoms with E-state index in [2.05, 4.69) is 15.5 Å². The molecule has 2 atom stereocenters. The van der Waals surface area contributed by atoms with Gasteiger partial charge in [-0.25, -0.2) is 0 Å². The van der Waals surface area contributed by atoms with Gasteiger partial charge in [0.05, 0.1) is 17.8 Å². The number of benzene rings is 1. The molecule has 2 aromatic heterocycles. The zero-order valence-corrected chi connectivity index (χ0v) is 14.0. The van der Waals surface area contributed by atoms with Crippen LogP contribution in [0.5, 0.6) is 5.75 Å². The Balaban J connectivity index is 1.57. The first-order valence-corrected chi connectivity index (χ1v) is 9.08. The Kier molecular flexibility index (Phi) is 4.08. The number of hydrogen-bond acceptors (Lipinski definition) is 6. The maximum Gasteiger partial charge on any atom is 0.148 e. The van der Waals surface area contributed by atoms with Crippen LogP contribution in [0.4, 0.5) is 5.82 Å². The number of fused-ring (bicyclic) bond motifs is 1. The van der Waals surface area contributed by atoms with Crippen LogP contribution in [0.3, 0.4) is 0 Å². The molecule has 0 saturated heterocycles. The average Bonchev–Trinajstić information content (AvgIpc) is 3.08. The average molecular weight is 341 g/mol. The van der Waals surface area contributed by atoms with Gasteiger partial charge in [-0.1, -0.05) is 12.8 Å². The number of phenols is 1. The molecule has 4 rings (SSSR count). The molecule has 124 valence electrons. The molecular weight excluding hydrogens is 322 g/mol. The van der Waals surface area contributed by atoms with Gasteiger partial charge in [-0.15, -0.1) is 21.5 Å².